The quantitative estimate of drug-likeness (QED) is 0.823. The summed E-state index contributed by atoms with van der Waals surface area (Å²) in [7, 11) is 0. The molecule has 0 spiro atoms. The molecule has 0 aliphatic rings. The molecular weight excluding hydrogens is 238 g/mol. The molecule has 5 nitrogen and oxygen atoms in total. The molecule has 2 aromatic rings. The van der Waals surface area contributed by atoms with E-state index in [1.165, 1.54) is 0 Å². The van der Waals surface area contributed by atoms with Crippen molar-refractivity contribution in [2.45, 2.75) is 27.2 Å². The molecule has 0 fully saturated rings. The predicted molar refractivity (Wildman–Crippen MR) is 69.3 cm³/mol. The number of aromatic amines is 1. The van der Waals surface area contributed by atoms with E-state index in [2.05, 4.69) is 46.3 Å². The van der Waals surface area contributed by atoms with Crippen molar-refractivity contribution >= 4 is 28.5 Å². The third-order valence-electron chi connectivity index (χ3n) is 2.97. The second-order valence-electron chi connectivity index (χ2n) is 4.84. The minimum absolute atomic E-state index is 0.216. The number of nitrogens with zero attached hydrogens (tertiary/aromatic N) is 3. The van der Waals surface area contributed by atoms with Crippen molar-refractivity contribution in [2.24, 2.45) is 5.41 Å². The van der Waals surface area contributed by atoms with Gasteiger partial charge >= 0.3 is 0 Å². The highest BCUT2D eigenvalue weighted by molar-refractivity contribution is 6.28. The van der Waals surface area contributed by atoms with Crippen LogP contribution in [0.2, 0.25) is 5.28 Å². The molecule has 6 heteroatoms. The van der Waals surface area contributed by atoms with Crippen LogP contribution in [0.25, 0.3) is 11.0 Å². The van der Waals surface area contributed by atoms with Gasteiger partial charge in [0.2, 0.25) is 5.28 Å². The summed E-state index contributed by atoms with van der Waals surface area (Å²) < 4.78 is 0. The van der Waals surface area contributed by atoms with Crippen LogP contribution in [0, 0.1) is 5.41 Å². The lowest BCUT2D eigenvalue weighted by atomic mass is 9.90. The Balaban J connectivity index is 2.26. The fourth-order valence-corrected chi connectivity index (χ4v) is 1.56. The Morgan fingerprint density at radius 1 is 1.41 bits per heavy atom. The number of hydrogen-bond acceptors (Lipinski definition) is 4. The van der Waals surface area contributed by atoms with E-state index in [9.17, 15) is 0 Å². The summed E-state index contributed by atoms with van der Waals surface area (Å²) in [6, 6.07) is 0. The van der Waals surface area contributed by atoms with Crippen LogP contribution < -0.4 is 5.32 Å². The Hall–Kier alpha value is -1.36. The van der Waals surface area contributed by atoms with E-state index < -0.39 is 0 Å². The van der Waals surface area contributed by atoms with Crippen LogP contribution in [0.1, 0.15) is 27.2 Å². The summed E-state index contributed by atoms with van der Waals surface area (Å²) in [6.45, 7) is 7.41. The normalized spacial score (nSPS) is 12.0. The van der Waals surface area contributed by atoms with Crippen LogP contribution in [-0.2, 0) is 0 Å². The molecule has 0 aliphatic carbocycles. The Morgan fingerprint density at radius 2 is 2.18 bits per heavy atom. The van der Waals surface area contributed by atoms with Gasteiger partial charge in [-0.2, -0.15) is 15.1 Å². The Bertz CT molecular complexity index is 520. The molecule has 0 saturated carbocycles. The number of halogens is 1. The highest BCUT2D eigenvalue weighted by atomic mass is 35.5. The SMILES string of the molecule is CCC(C)(C)CNc1nc(Cl)nc2[nH]ncc12. The van der Waals surface area contributed by atoms with Gasteiger partial charge in [0.05, 0.1) is 11.6 Å². The molecule has 0 amide bonds. The van der Waals surface area contributed by atoms with Gasteiger partial charge in [-0.1, -0.05) is 20.8 Å². The molecule has 92 valence electrons. The van der Waals surface area contributed by atoms with Crippen LogP contribution in [0.15, 0.2) is 6.20 Å². The first kappa shape index (κ1) is 12.1. The molecular formula is C11H16ClN5. The van der Waals surface area contributed by atoms with Gasteiger partial charge in [-0.25, -0.2) is 0 Å². The van der Waals surface area contributed by atoms with Gasteiger partial charge in [0.25, 0.3) is 0 Å². The molecule has 2 aromatic heterocycles. The molecule has 2 heterocycles. The van der Waals surface area contributed by atoms with Gasteiger partial charge < -0.3 is 5.32 Å². The van der Waals surface area contributed by atoms with E-state index in [0.717, 1.165) is 24.2 Å². The monoisotopic (exact) mass is 253 g/mol. The Kier molecular flexibility index (Phi) is 3.19. The average Bonchev–Trinajstić information content (AvgIpc) is 2.73. The highest BCUT2D eigenvalue weighted by Crippen LogP contribution is 2.24. The molecule has 2 N–H and O–H groups in total. The van der Waals surface area contributed by atoms with Crippen molar-refractivity contribution in [3.63, 3.8) is 0 Å². The van der Waals surface area contributed by atoms with Crippen molar-refractivity contribution < 1.29 is 0 Å². The minimum Gasteiger partial charge on any atom is -0.369 e. The van der Waals surface area contributed by atoms with E-state index in [-0.39, 0.29) is 10.7 Å². The number of nitrogens with one attached hydrogen (secondary N) is 2. The largest absolute Gasteiger partial charge is 0.369 e. The minimum atomic E-state index is 0.216. The van der Waals surface area contributed by atoms with Crippen LogP contribution in [0.5, 0.6) is 0 Å². The molecule has 0 bridgehead atoms. The molecule has 0 radical (unpaired) electrons. The number of fused-ring (bicyclic) bond motifs is 1. The predicted octanol–water partition coefficient (Wildman–Crippen LogP) is 2.85. The summed E-state index contributed by atoms with van der Waals surface area (Å²) in [5, 5.41) is 11.1. The lowest BCUT2D eigenvalue weighted by molar-refractivity contribution is 0.376. The number of anilines is 1. The molecule has 0 unspecified atom stereocenters. The highest BCUT2D eigenvalue weighted by Gasteiger charge is 2.16. The van der Waals surface area contributed by atoms with Gasteiger partial charge in [0, 0.05) is 6.54 Å². The van der Waals surface area contributed by atoms with E-state index in [1.54, 1.807) is 6.20 Å². The summed E-state index contributed by atoms with van der Waals surface area (Å²) in [6.07, 6.45) is 2.79. The van der Waals surface area contributed by atoms with E-state index >= 15 is 0 Å². The Morgan fingerprint density at radius 3 is 2.88 bits per heavy atom. The zero-order chi connectivity index (χ0) is 12.5. The fraction of sp³-hybridized carbons (Fsp3) is 0.545. The lowest BCUT2D eigenvalue weighted by Gasteiger charge is -2.23. The zero-order valence-electron chi connectivity index (χ0n) is 10.2. The van der Waals surface area contributed by atoms with Gasteiger partial charge in [0.1, 0.15) is 5.82 Å². The summed E-state index contributed by atoms with van der Waals surface area (Å²) >= 11 is 5.85. The second kappa shape index (κ2) is 4.49. The molecule has 0 saturated heterocycles. The third kappa shape index (κ3) is 2.66. The first-order valence-electron chi connectivity index (χ1n) is 5.62. The third-order valence-corrected chi connectivity index (χ3v) is 3.14. The van der Waals surface area contributed by atoms with Crippen LogP contribution in [0.3, 0.4) is 0 Å². The molecule has 17 heavy (non-hydrogen) atoms. The van der Waals surface area contributed by atoms with Crippen molar-refractivity contribution in [1.29, 1.82) is 0 Å². The average molecular weight is 254 g/mol. The van der Waals surface area contributed by atoms with Gasteiger partial charge in [0.15, 0.2) is 5.65 Å². The fourth-order valence-electron chi connectivity index (χ4n) is 1.39. The zero-order valence-corrected chi connectivity index (χ0v) is 11.0. The van der Waals surface area contributed by atoms with Crippen molar-refractivity contribution in [2.75, 3.05) is 11.9 Å². The van der Waals surface area contributed by atoms with Crippen molar-refractivity contribution in [1.82, 2.24) is 20.2 Å². The summed E-state index contributed by atoms with van der Waals surface area (Å²) in [5.41, 5.74) is 0.870. The molecule has 0 aromatic carbocycles. The standard InChI is InChI=1S/C11H16ClN5/c1-4-11(2,3)6-13-8-7-5-14-17-9(7)16-10(12)15-8/h5H,4,6H2,1-3H3,(H2,13,14,15,16,17). The smallest absolute Gasteiger partial charge is 0.226 e. The first-order valence-corrected chi connectivity index (χ1v) is 6.00. The van der Waals surface area contributed by atoms with Gasteiger partial charge in [-0.05, 0) is 23.4 Å². The van der Waals surface area contributed by atoms with Crippen molar-refractivity contribution in [3.8, 4) is 0 Å². The first-order chi connectivity index (χ1) is 8.02. The summed E-state index contributed by atoms with van der Waals surface area (Å²) in [5.74, 6) is 0.732. The summed E-state index contributed by atoms with van der Waals surface area (Å²) in [4.78, 5) is 8.25. The van der Waals surface area contributed by atoms with Gasteiger partial charge in [-0.3, -0.25) is 5.10 Å². The molecule has 2 rings (SSSR count). The lowest BCUT2D eigenvalue weighted by Crippen LogP contribution is -2.22. The molecule has 0 atom stereocenters. The van der Waals surface area contributed by atoms with Gasteiger partial charge in [-0.15, -0.1) is 0 Å². The maximum atomic E-state index is 5.85. The van der Waals surface area contributed by atoms with Crippen LogP contribution in [-0.4, -0.2) is 26.7 Å². The maximum absolute atomic E-state index is 5.85. The Labute approximate surface area is 105 Å². The molecule has 0 aliphatic heterocycles. The van der Waals surface area contributed by atoms with Crippen LogP contribution in [0.4, 0.5) is 5.82 Å². The van der Waals surface area contributed by atoms with Crippen molar-refractivity contribution in [3.05, 3.63) is 11.5 Å². The van der Waals surface area contributed by atoms with Crippen LogP contribution >= 0.6 is 11.6 Å². The van der Waals surface area contributed by atoms with E-state index in [1.807, 2.05) is 0 Å². The number of aromatic nitrogens is 4. The topological polar surface area (TPSA) is 66.5 Å². The van der Waals surface area contributed by atoms with E-state index in [0.29, 0.717) is 5.65 Å². The number of rotatable bonds is 4. The maximum Gasteiger partial charge on any atom is 0.226 e. The number of H-pyrrole nitrogens is 1. The van der Waals surface area contributed by atoms with E-state index in [4.69, 9.17) is 11.6 Å². The second-order valence-corrected chi connectivity index (χ2v) is 5.18. The number of hydrogen-bond donors (Lipinski definition) is 2.